The molecule has 0 aliphatic carbocycles. The highest BCUT2D eigenvalue weighted by Gasteiger charge is 2.05. The second-order valence-corrected chi connectivity index (χ2v) is 4.80. The van der Waals surface area contributed by atoms with Crippen molar-refractivity contribution in [2.75, 3.05) is 5.32 Å². The standard InChI is InChI=1S/C17H15N3O2/c18-11-13-4-7-15(8-5-13)20-16(21)9-6-12-2-1-3-14(10-12)17(19)22/h1-5,7-8,10H,6,9H2,(H2,19,22)(H,20,21). The third-order valence-electron chi connectivity index (χ3n) is 3.15. The first kappa shape index (κ1) is 15.3. The van der Waals surface area contributed by atoms with Crippen molar-refractivity contribution >= 4 is 17.5 Å². The van der Waals surface area contributed by atoms with Gasteiger partial charge in [-0.05, 0) is 48.4 Å². The number of aryl methyl sites for hydroxylation is 1. The summed E-state index contributed by atoms with van der Waals surface area (Å²) in [5.74, 6) is -0.613. The number of nitrogens with one attached hydrogen (secondary N) is 1. The molecule has 0 aromatic heterocycles. The van der Waals surface area contributed by atoms with Crippen LogP contribution in [0, 0.1) is 11.3 Å². The van der Waals surface area contributed by atoms with E-state index in [1.807, 2.05) is 12.1 Å². The van der Waals surface area contributed by atoms with Crippen LogP contribution in [0.25, 0.3) is 0 Å². The van der Waals surface area contributed by atoms with E-state index in [9.17, 15) is 9.59 Å². The van der Waals surface area contributed by atoms with Gasteiger partial charge in [0.15, 0.2) is 0 Å². The first-order chi connectivity index (χ1) is 10.6. The second-order valence-electron chi connectivity index (χ2n) is 4.80. The summed E-state index contributed by atoms with van der Waals surface area (Å²) in [4.78, 5) is 23.0. The first-order valence-electron chi connectivity index (χ1n) is 6.77. The fourth-order valence-electron chi connectivity index (χ4n) is 1.99. The van der Waals surface area contributed by atoms with Crippen molar-refractivity contribution in [3.63, 3.8) is 0 Å². The van der Waals surface area contributed by atoms with Gasteiger partial charge in [-0.15, -0.1) is 0 Å². The van der Waals surface area contributed by atoms with Gasteiger partial charge in [0.25, 0.3) is 0 Å². The quantitative estimate of drug-likeness (QED) is 0.884. The van der Waals surface area contributed by atoms with Gasteiger partial charge in [0.05, 0.1) is 11.6 Å². The normalized spacial score (nSPS) is 9.77. The maximum Gasteiger partial charge on any atom is 0.248 e. The van der Waals surface area contributed by atoms with Crippen LogP contribution in [-0.4, -0.2) is 11.8 Å². The maximum atomic E-state index is 11.9. The van der Waals surface area contributed by atoms with Gasteiger partial charge in [0.1, 0.15) is 0 Å². The summed E-state index contributed by atoms with van der Waals surface area (Å²) in [5, 5.41) is 11.5. The van der Waals surface area contributed by atoms with Gasteiger partial charge in [0, 0.05) is 17.7 Å². The Hall–Kier alpha value is -3.13. The highest BCUT2D eigenvalue weighted by atomic mass is 16.1. The van der Waals surface area contributed by atoms with Crippen molar-refractivity contribution in [3.05, 3.63) is 65.2 Å². The van der Waals surface area contributed by atoms with E-state index in [4.69, 9.17) is 11.0 Å². The molecule has 0 aliphatic heterocycles. The minimum Gasteiger partial charge on any atom is -0.366 e. The number of nitrogens with two attached hydrogens (primary N) is 1. The van der Waals surface area contributed by atoms with Gasteiger partial charge >= 0.3 is 0 Å². The molecule has 0 saturated heterocycles. The van der Waals surface area contributed by atoms with E-state index in [0.29, 0.717) is 29.7 Å². The average molecular weight is 293 g/mol. The molecule has 110 valence electrons. The molecule has 0 unspecified atom stereocenters. The molecule has 3 N–H and O–H groups in total. The first-order valence-corrected chi connectivity index (χ1v) is 6.77. The number of rotatable bonds is 5. The number of amides is 2. The fourth-order valence-corrected chi connectivity index (χ4v) is 1.99. The highest BCUT2D eigenvalue weighted by molar-refractivity contribution is 5.93. The third-order valence-corrected chi connectivity index (χ3v) is 3.15. The molecule has 0 spiro atoms. The van der Waals surface area contributed by atoms with Gasteiger partial charge in [-0.1, -0.05) is 12.1 Å². The molecule has 0 aliphatic rings. The zero-order chi connectivity index (χ0) is 15.9. The van der Waals surface area contributed by atoms with E-state index in [1.54, 1.807) is 42.5 Å². The molecule has 0 bridgehead atoms. The Balaban J connectivity index is 1.91. The summed E-state index contributed by atoms with van der Waals surface area (Å²) in [6, 6.07) is 15.6. The monoisotopic (exact) mass is 293 g/mol. The minimum atomic E-state index is -0.483. The molecular formula is C17H15N3O2. The van der Waals surface area contributed by atoms with Crippen LogP contribution in [0.3, 0.4) is 0 Å². The number of carbonyl (C=O) groups is 2. The molecule has 5 nitrogen and oxygen atoms in total. The van der Waals surface area contributed by atoms with Gasteiger partial charge in [0.2, 0.25) is 11.8 Å². The Kier molecular flexibility index (Phi) is 4.89. The summed E-state index contributed by atoms with van der Waals surface area (Å²) in [6.45, 7) is 0. The molecule has 2 aromatic rings. The van der Waals surface area contributed by atoms with E-state index < -0.39 is 5.91 Å². The number of primary amides is 1. The summed E-state index contributed by atoms with van der Waals surface area (Å²) in [7, 11) is 0. The lowest BCUT2D eigenvalue weighted by Crippen LogP contribution is -2.13. The van der Waals surface area contributed by atoms with Crippen molar-refractivity contribution in [1.82, 2.24) is 0 Å². The molecule has 22 heavy (non-hydrogen) atoms. The molecule has 2 rings (SSSR count). The van der Waals surface area contributed by atoms with Crippen LogP contribution in [0.1, 0.15) is 27.9 Å². The summed E-state index contributed by atoms with van der Waals surface area (Å²) < 4.78 is 0. The highest BCUT2D eigenvalue weighted by Crippen LogP contribution is 2.11. The molecule has 0 radical (unpaired) electrons. The number of nitriles is 1. The second kappa shape index (κ2) is 7.04. The van der Waals surface area contributed by atoms with Crippen molar-refractivity contribution < 1.29 is 9.59 Å². The molecular weight excluding hydrogens is 278 g/mol. The Labute approximate surface area is 128 Å². The Morgan fingerprint density at radius 3 is 2.50 bits per heavy atom. The van der Waals surface area contributed by atoms with Gasteiger partial charge in [-0.25, -0.2) is 0 Å². The average Bonchev–Trinajstić information content (AvgIpc) is 2.54. The zero-order valence-corrected chi connectivity index (χ0v) is 11.9. The lowest BCUT2D eigenvalue weighted by molar-refractivity contribution is -0.116. The smallest absolute Gasteiger partial charge is 0.248 e. The van der Waals surface area contributed by atoms with E-state index in [-0.39, 0.29) is 5.91 Å². The van der Waals surface area contributed by atoms with E-state index in [0.717, 1.165) is 5.56 Å². The molecule has 0 heterocycles. The zero-order valence-electron chi connectivity index (χ0n) is 11.9. The number of hydrogen-bond donors (Lipinski definition) is 2. The minimum absolute atomic E-state index is 0.130. The van der Waals surface area contributed by atoms with Crippen molar-refractivity contribution in [2.24, 2.45) is 5.73 Å². The van der Waals surface area contributed by atoms with Gasteiger partial charge < -0.3 is 11.1 Å². The third kappa shape index (κ3) is 4.18. The van der Waals surface area contributed by atoms with Crippen LogP contribution in [-0.2, 0) is 11.2 Å². The van der Waals surface area contributed by atoms with Crippen molar-refractivity contribution in [3.8, 4) is 6.07 Å². The van der Waals surface area contributed by atoms with Crippen molar-refractivity contribution in [2.45, 2.75) is 12.8 Å². The number of hydrogen-bond acceptors (Lipinski definition) is 3. The van der Waals surface area contributed by atoms with Crippen LogP contribution in [0.5, 0.6) is 0 Å². The Bertz CT molecular complexity index is 730. The van der Waals surface area contributed by atoms with E-state index >= 15 is 0 Å². The SMILES string of the molecule is N#Cc1ccc(NC(=O)CCc2cccc(C(N)=O)c2)cc1. The number of benzene rings is 2. The van der Waals surface area contributed by atoms with Crippen LogP contribution in [0.2, 0.25) is 0 Å². The summed E-state index contributed by atoms with van der Waals surface area (Å²) in [5.41, 5.74) is 7.73. The molecule has 2 aromatic carbocycles. The van der Waals surface area contributed by atoms with Gasteiger partial charge in [-0.2, -0.15) is 5.26 Å². The van der Waals surface area contributed by atoms with E-state index in [2.05, 4.69) is 5.32 Å². The maximum absolute atomic E-state index is 11.9. The predicted molar refractivity (Wildman–Crippen MR) is 83.1 cm³/mol. The van der Waals surface area contributed by atoms with Crippen LogP contribution >= 0.6 is 0 Å². The van der Waals surface area contributed by atoms with Crippen LogP contribution in [0.4, 0.5) is 5.69 Å². The Morgan fingerprint density at radius 1 is 1.14 bits per heavy atom. The lowest BCUT2D eigenvalue weighted by Gasteiger charge is -2.06. The van der Waals surface area contributed by atoms with Crippen LogP contribution in [0.15, 0.2) is 48.5 Å². The molecule has 0 atom stereocenters. The lowest BCUT2D eigenvalue weighted by atomic mass is 10.1. The largest absolute Gasteiger partial charge is 0.366 e. The van der Waals surface area contributed by atoms with Crippen molar-refractivity contribution in [1.29, 1.82) is 5.26 Å². The molecule has 2 amide bonds. The number of anilines is 1. The number of carbonyl (C=O) groups excluding carboxylic acids is 2. The van der Waals surface area contributed by atoms with Gasteiger partial charge in [-0.3, -0.25) is 9.59 Å². The fraction of sp³-hybridized carbons (Fsp3) is 0.118. The summed E-state index contributed by atoms with van der Waals surface area (Å²) >= 11 is 0. The molecule has 5 heteroatoms. The molecule has 0 fully saturated rings. The summed E-state index contributed by atoms with van der Waals surface area (Å²) in [6.07, 6.45) is 0.811. The number of nitrogens with zero attached hydrogens (tertiary/aromatic N) is 1. The predicted octanol–water partition coefficient (Wildman–Crippen LogP) is 2.23. The van der Waals surface area contributed by atoms with Crippen LogP contribution < -0.4 is 11.1 Å². The van der Waals surface area contributed by atoms with E-state index in [1.165, 1.54) is 0 Å². The Morgan fingerprint density at radius 2 is 1.86 bits per heavy atom. The topological polar surface area (TPSA) is 96.0 Å². The molecule has 0 saturated carbocycles.